The maximum absolute atomic E-state index is 11.6. The molecule has 0 saturated heterocycles. The molecule has 0 amide bonds. The topological polar surface area (TPSA) is 85.9 Å². The number of sulfonamides is 1. The van der Waals surface area contributed by atoms with Crippen molar-refractivity contribution in [1.29, 1.82) is 0 Å². The van der Waals surface area contributed by atoms with E-state index in [1.807, 2.05) is 0 Å². The summed E-state index contributed by atoms with van der Waals surface area (Å²) >= 11 is 0. The zero-order chi connectivity index (χ0) is 13.2. The van der Waals surface area contributed by atoms with Crippen molar-refractivity contribution in [1.82, 2.24) is 9.97 Å². The Kier molecular flexibility index (Phi) is 2.09. The van der Waals surface area contributed by atoms with Crippen LogP contribution in [-0.4, -0.2) is 18.4 Å². The predicted octanol–water partition coefficient (Wildman–Crippen LogP) is 1.64. The number of para-hydroxylation sites is 1. The second-order valence-electron chi connectivity index (χ2n) is 5.37. The van der Waals surface area contributed by atoms with E-state index in [1.165, 1.54) is 12.5 Å². The van der Waals surface area contributed by atoms with Gasteiger partial charge in [-0.1, -0.05) is 6.07 Å². The molecule has 98 valence electrons. The zero-order valence-electron chi connectivity index (χ0n) is 10.2. The molecule has 1 saturated carbocycles. The molecule has 0 spiro atoms. The third-order valence-corrected chi connectivity index (χ3v) is 5.17. The summed E-state index contributed by atoms with van der Waals surface area (Å²) in [5, 5.41) is 5.25. The van der Waals surface area contributed by atoms with E-state index < -0.39 is 10.0 Å². The largest absolute Gasteiger partial charge is 0.249 e. The molecule has 1 heterocycles. The minimum Gasteiger partial charge on any atom is -0.249 e. The van der Waals surface area contributed by atoms with Gasteiger partial charge in [0.1, 0.15) is 10.4 Å². The first kappa shape index (κ1) is 11.3. The SMILES string of the molecule is NS(=O)(=O)c1cccc2nc3c(nc12)[C@H]1CC[C@H]3C1. The summed E-state index contributed by atoms with van der Waals surface area (Å²) < 4.78 is 23.2. The molecule has 5 nitrogen and oxygen atoms in total. The first-order valence-corrected chi connectivity index (χ1v) is 7.92. The summed E-state index contributed by atoms with van der Waals surface area (Å²) in [4.78, 5) is 9.29. The fourth-order valence-electron chi connectivity index (χ4n) is 3.39. The second kappa shape index (κ2) is 3.52. The van der Waals surface area contributed by atoms with Gasteiger partial charge in [-0.3, -0.25) is 0 Å². The van der Waals surface area contributed by atoms with Crippen molar-refractivity contribution in [2.45, 2.75) is 36.0 Å². The monoisotopic (exact) mass is 275 g/mol. The number of rotatable bonds is 1. The van der Waals surface area contributed by atoms with E-state index in [0.29, 0.717) is 22.9 Å². The number of fused-ring (bicyclic) bond motifs is 6. The quantitative estimate of drug-likeness (QED) is 0.857. The van der Waals surface area contributed by atoms with E-state index in [1.54, 1.807) is 12.1 Å². The number of hydrogen-bond donors (Lipinski definition) is 1. The normalized spacial score (nSPS) is 24.9. The van der Waals surface area contributed by atoms with E-state index in [0.717, 1.165) is 24.2 Å². The van der Waals surface area contributed by atoms with Crippen LogP contribution >= 0.6 is 0 Å². The molecule has 2 aliphatic rings. The minimum absolute atomic E-state index is 0.0723. The van der Waals surface area contributed by atoms with Crippen molar-refractivity contribution in [3.05, 3.63) is 29.6 Å². The van der Waals surface area contributed by atoms with Crippen molar-refractivity contribution >= 4 is 21.1 Å². The molecule has 0 radical (unpaired) electrons. The van der Waals surface area contributed by atoms with Crippen LogP contribution < -0.4 is 5.14 Å². The molecule has 1 aromatic carbocycles. The van der Waals surface area contributed by atoms with Crippen molar-refractivity contribution in [2.75, 3.05) is 0 Å². The number of nitrogens with zero attached hydrogens (tertiary/aromatic N) is 2. The van der Waals surface area contributed by atoms with Gasteiger partial charge in [0.05, 0.1) is 16.9 Å². The summed E-state index contributed by atoms with van der Waals surface area (Å²) in [7, 11) is -3.76. The standard InChI is InChI=1S/C13H13N3O2S/c14-19(17,18)10-3-1-2-9-13(10)16-12-8-5-4-7(6-8)11(12)15-9/h1-3,7-8H,4-6H2,(H2,14,17,18)/t7-,8-/m0/s1. The average Bonchev–Trinajstić information content (AvgIpc) is 2.96. The molecule has 1 aromatic heterocycles. The van der Waals surface area contributed by atoms with Gasteiger partial charge in [-0.25, -0.2) is 23.5 Å². The molecule has 4 rings (SSSR count). The average molecular weight is 275 g/mol. The van der Waals surface area contributed by atoms with Gasteiger partial charge in [-0.15, -0.1) is 0 Å². The molecule has 2 bridgehead atoms. The van der Waals surface area contributed by atoms with Gasteiger partial charge < -0.3 is 0 Å². The number of aromatic nitrogens is 2. The molecule has 2 aliphatic carbocycles. The Morgan fingerprint density at radius 1 is 1.11 bits per heavy atom. The lowest BCUT2D eigenvalue weighted by Crippen LogP contribution is -2.14. The van der Waals surface area contributed by atoms with Gasteiger partial charge in [0.15, 0.2) is 0 Å². The smallest absolute Gasteiger partial charge is 0.240 e. The van der Waals surface area contributed by atoms with Crippen LogP contribution in [0, 0.1) is 0 Å². The summed E-state index contributed by atoms with van der Waals surface area (Å²) in [6, 6.07) is 4.95. The van der Waals surface area contributed by atoms with Crippen LogP contribution in [0.2, 0.25) is 0 Å². The second-order valence-corrected chi connectivity index (χ2v) is 6.90. The van der Waals surface area contributed by atoms with E-state index in [-0.39, 0.29) is 4.90 Å². The van der Waals surface area contributed by atoms with E-state index in [9.17, 15) is 8.42 Å². The van der Waals surface area contributed by atoms with Crippen LogP contribution in [0.4, 0.5) is 0 Å². The van der Waals surface area contributed by atoms with Gasteiger partial charge in [0.25, 0.3) is 0 Å². The number of nitrogens with two attached hydrogens (primary N) is 1. The molecule has 6 heteroatoms. The zero-order valence-corrected chi connectivity index (χ0v) is 11.0. The summed E-state index contributed by atoms with van der Waals surface area (Å²) in [5.74, 6) is 0.959. The molecule has 0 unspecified atom stereocenters. The molecule has 19 heavy (non-hydrogen) atoms. The highest BCUT2D eigenvalue weighted by Crippen LogP contribution is 2.51. The summed E-state index contributed by atoms with van der Waals surface area (Å²) in [6.07, 6.45) is 3.42. The Labute approximate surface area is 110 Å². The Bertz CT molecular complexity index is 801. The highest BCUT2D eigenvalue weighted by Gasteiger charge is 2.39. The fraction of sp³-hybridized carbons (Fsp3) is 0.385. The Morgan fingerprint density at radius 3 is 2.47 bits per heavy atom. The van der Waals surface area contributed by atoms with Gasteiger partial charge >= 0.3 is 0 Å². The fourth-order valence-corrected chi connectivity index (χ4v) is 4.07. The lowest BCUT2D eigenvalue weighted by atomic mass is 10.0. The van der Waals surface area contributed by atoms with Crippen LogP contribution in [0.3, 0.4) is 0 Å². The molecule has 2 atom stereocenters. The predicted molar refractivity (Wildman–Crippen MR) is 70.2 cm³/mol. The summed E-state index contributed by atoms with van der Waals surface area (Å²) in [6.45, 7) is 0. The molecule has 1 fully saturated rings. The maximum Gasteiger partial charge on any atom is 0.240 e. The first-order chi connectivity index (χ1) is 9.04. The Morgan fingerprint density at radius 2 is 1.79 bits per heavy atom. The van der Waals surface area contributed by atoms with E-state index in [4.69, 9.17) is 5.14 Å². The van der Waals surface area contributed by atoms with Gasteiger partial charge in [-0.05, 0) is 31.4 Å². The first-order valence-electron chi connectivity index (χ1n) is 6.37. The number of primary sulfonamides is 1. The number of benzene rings is 1. The Balaban J connectivity index is 2.07. The third kappa shape index (κ3) is 1.53. The molecular formula is C13H13N3O2S. The summed E-state index contributed by atoms with van der Waals surface area (Å²) in [5.41, 5.74) is 3.09. The van der Waals surface area contributed by atoms with E-state index in [2.05, 4.69) is 9.97 Å². The van der Waals surface area contributed by atoms with Crippen LogP contribution in [0.15, 0.2) is 23.1 Å². The molecule has 2 N–H and O–H groups in total. The van der Waals surface area contributed by atoms with Crippen molar-refractivity contribution in [2.24, 2.45) is 5.14 Å². The van der Waals surface area contributed by atoms with Crippen LogP contribution in [-0.2, 0) is 10.0 Å². The van der Waals surface area contributed by atoms with Crippen molar-refractivity contribution in [3.8, 4) is 0 Å². The lowest BCUT2D eigenvalue weighted by Gasteiger charge is -2.14. The van der Waals surface area contributed by atoms with E-state index >= 15 is 0 Å². The van der Waals surface area contributed by atoms with Crippen LogP contribution in [0.1, 0.15) is 42.5 Å². The number of hydrogen-bond acceptors (Lipinski definition) is 4. The van der Waals surface area contributed by atoms with Gasteiger partial charge in [0, 0.05) is 11.8 Å². The van der Waals surface area contributed by atoms with Crippen LogP contribution in [0.25, 0.3) is 11.0 Å². The molecule has 0 aliphatic heterocycles. The maximum atomic E-state index is 11.6. The van der Waals surface area contributed by atoms with Crippen LogP contribution in [0.5, 0.6) is 0 Å². The lowest BCUT2D eigenvalue weighted by molar-refractivity contribution is 0.598. The molecule has 2 aromatic rings. The highest BCUT2D eigenvalue weighted by molar-refractivity contribution is 7.89. The third-order valence-electron chi connectivity index (χ3n) is 4.23. The van der Waals surface area contributed by atoms with Crippen molar-refractivity contribution < 1.29 is 8.42 Å². The minimum atomic E-state index is -3.76. The highest BCUT2D eigenvalue weighted by atomic mass is 32.2. The van der Waals surface area contributed by atoms with Crippen molar-refractivity contribution in [3.63, 3.8) is 0 Å². The van der Waals surface area contributed by atoms with Gasteiger partial charge in [0.2, 0.25) is 10.0 Å². The van der Waals surface area contributed by atoms with Gasteiger partial charge in [-0.2, -0.15) is 0 Å². The molecular weight excluding hydrogens is 262 g/mol. The Hall–Kier alpha value is -1.53.